The van der Waals surface area contributed by atoms with Crippen LogP contribution in [0.4, 0.5) is 0 Å². The lowest BCUT2D eigenvalue weighted by atomic mass is 10.3. The molecule has 0 N–H and O–H groups in total. The van der Waals surface area contributed by atoms with Crippen molar-refractivity contribution in [3.8, 4) is 11.8 Å². The van der Waals surface area contributed by atoms with Gasteiger partial charge in [-0.1, -0.05) is 20.8 Å². The third-order valence-electron chi connectivity index (χ3n) is 0.939. The van der Waals surface area contributed by atoms with Gasteiger partial charge in [-0.25, -0.2) is 0 Å². The zero-order chi connectivity index (χ0) is 8.04. The van der Waals surface area contributed by atoms with E-state index in [2.05, 4.69) is 32.6 Å². The maximum Gasteiger partial charge on any atom is 0.0180 e. The van der Waals surface area contributed by atoms with Gasteiger partial charge in [-0.3, -0.25) is 0 Å². The molecule has 0 aliphatic rings. The fourth-order valence-electron chi connectivity index (χ4n) is 0.533. The van der Waals surface area contributed by atoms with Crippen molar-refractivity contribution in [2.24, 2.45) is 0 Å². The van der Waals surface area contributed by atoms with Gasteiger partial charge >= 0.3 is 0 Å². The molecule has 0 atom stereocenters. The van der Waals surface area contributed by atoms with Gasteiger partial charge in [-0.15, -0.1) is 11.8 Å². The van der Waals surface area contributed by atoms with Crippen molar-refractivity contribution < 1.29 is 0 Å². The summed E-state index contributed by atoms with van der Waals surface area (Å²) >= 11 is 1.97. The molecule has 0 saturated heterocycles. The highest BCUT2D eigenvalue weighted by Gasteiger charge is 2.08. The first-order valence-corrected chi connectivity index (χ1v) is 4.58. The van der Waals surface area contributed by atoms with Crippen molar-refractivity contribution in [1.82, 2.24) is 0 Å². The Balaban J connectivity index is 3.26. The molecular formula is C9H16S. The van der Waals surface area contributed by atoms with Crippen LogP contribution in [0.2, 0.25) is 0 Å². The summed E-state index contributed by atoms with van der Waals surface area (Å²) in [5, 5.41) is 0. The van der Waals surface area contributed by atoms with Gasteiger partial charge < -0.3 is 0 Å². The summed E-state index contributed by atoms with van der Waals surface area (Å²) in [5.74, 6) is 7.10. The van der Waals surface area contributed by atoms with E-state index in [0.717, 1.165) is 12.2 Å². The van der Waals surface area contributed by atoms with Crippen LogP contribution in [0.25, 0.3) is 0 Å². The van der Waals surface area contributed by atoms with E-state index in [1.54, 1.807) is 0 Å². The van der Waals surface area contributed by atoms with E-state index in [-0.39, 0.29) is 0 Å². The summed E-state index contributed by atoms with van der Waals surface area (Å²) in [7, 11) is 0. The minimum Gasteiger partial charge on any atom is -0.155 e. The summed E-state index contributed by atoms with van der Waals surface area (Å²) < 4.78 is 0.398. The summed E-state index contributed by atoms with van der Waals surface area (Å²) in [6.45, 7) is 8.59. The van der Waals surface area contributed by atoms with Crippen LogP contribution in [0.5, 0.6) is 0 Å². The molecule has 1 heteroatoms. The summed E-state index contributed by atoms with van der Waals surface area (Å²) in [6, 6.07) is 0. The van der Waals surface area contributed by atoms with E-state index in [9.17, 15) is 0 Å². The number of thioether (sulfide) groups is 1. The van der Waals surface area contributed by atoms with Gasteiger partial charge in [0.2, 0.25) is 0 Å². The third-order valence-corrected chi connectivity index (χ3v) is 2.21. The third kappa shape index (κ3) is 7.91. The first-order valence-electron chi connectivity index (χ1n) is 3.60. The fraction of sp³-hybridized carbons (Fsp3) is 0.778. The average molecular weight is 156 g/mol. The maximum atomic E-state index is 3.05. The number of hydrogen-bond acceptors (Lipinski definition) is 1. The first-order chi connectivity index (χ1) is 4.56. The lowest BCUT2D eigenvalue weighted by molar-refractivity contribution is 0.802. The molecule has 0 saturated carbocycles. The maximum absolute atomic E-state index is 3.05. The zero-order valence-corrected chi connectivity index (χ0v) is 8.14. The summed E-state index contributed by atoms with van der Waals surface area (Å²) in [4.78, 5) is 0. The minimum atomic E-state index is 0.398. The average Bonchev–Trinajstić information content (AvgIpc) is 1.78. The second-order valence-electron chi connectivity index (χ2n) is 3.14. The highest BCUT2D eigenvalue weighted by Crippen LogP contribution is 2.23. The normalized spacial score (nSPS) is 10.4. The van der Waals surface area contributed by atoms with E-state index in [1.165, 1.54) is 0 Å². The van der Waals surface area contributed by atoms with Gasteiger partial charge in [0, 0.05) is 16.9 Å². The second-order valence-corrected chi connectivity index (χ2v) is 5.06. The molecule has 0 amide bonds. The molecule has 0 aromatic rings. The van der Waals surface area contributed by atoms with Crippen molar-refractivity contribution in [2.75, 3.05) is 5.75 Å². The smallest absolute Gasteiger partial charge is 0.0180 e. The van der Waals surface area contributed by atoms with Gasteiger partial charge in [0.15, 0.2) is 0 Å². The van der Waals surface area contributed by atoms with E-state index in [4.69, 9.17) is 0 Å². The van der Waals surface area contributed by atoms with Crippen LogP contribution in [0.3, 0.4) is 0 Å². The second kappa shape index (κ2) is 4.68. The molecule has 0 heterocycles. The number of rotatable bonds is 2. The van der Waals surface area contributed by atoms with Crippen LogP contribution in [0, 0.1) is 11.8 Å². The Morgan fingerprint density at radius 2 is 1.90 bits per heavy atom. The molecule has 58 valence electrons. The molecule has 0 fully saturated rings. The largest absolute Gasteiger partial charge is 0.155 e. The van der Waals surface area contributed by atoms with E-state index < -0.39 is 0 Å². The van der Waals surface area contributed by atoms with Crippen molar-refractivity contribution >= 4 is 11.8 Å². The Morgan fingerprint density at radius 1 is 1.30 bits per heavy atom. The molecule has 0 aromatic carbocycles. The monoisotopic (exact) mass is 156 g/mol. The summed E-state index contributed by atoms with van der Waals surface area (Å²) in [5.41, 5.74) is 0. The molecule has 0 aliphatic carbocycles. The first kappa shape index (κ1) is 9.91. The standard InChI is InChI=1S/C9H16S/c1-5-6-7-8-10-9(2,3)4/h7-8H2,1-4H3. The molecule has 0 aromatic heterocycles. The Kier molecular flexibility index (Phi) is 4.64. The molecule has 0 rings (SSSR count). The minimum absolute atomic E-state index is 0.398. The Labute approximate surface area is 68.8 Å². The molecule has 0 radical (unpaired) electrons. The van der Waals surface area contributed by atoms with Crippen molar-refractivity contribution in [1.29, 1.82) is 0 Å². The van der Waals surface area contributed by atoms with Crippen molar-refractivity contribution in [2.45, 2.75) is 38.9 Å². The van der Waals surface area contributed by atoms with Gasteiger partial charge in [0.1, 0.15) is 0 Å². The van der Waals surface area contributed by atoms with Gasteiger partial charge in [-0.05, 0) is 6.92 Å². The Hall–Kier alpha value is -0.0900. The van der Waals surface area contributed by atoms with Gasteiger partial charge in [-0.2, -0.15) is 11.8 Å². The van der Waals surface area contributed by atoms with E-state index >= 15 is 0 Å². The quantitative estimate of drug-likeness (QED) is 0.437. The van der Waals surface area contributed by atoms with E-state index in [1.807, 2.05) is 18.7 Å². The van der Waals surface area contributed by atoms with Crippen LogP contribution in [-0.4, -0.2) is 10.5 Å². The van der Waals surface area contributed by atoms with Crippen LogP contribution in [-0.2, 0) is 0 Å². The number of hydrogen-bond donors (Lipinski definition) is 0. The summed E-state index contributed by atoms with van der Waals surface area (Å²) in [6.07, 6.45) is 1.03. The highest BCUT2D eigenvalue weighted by molar-refractivity contribution is 8.00. The molecule has 0 spiro atoms. The predicted octanol–water partition coefficient (Wildman–Crippen LogP) is 2.93. The van der Waals surface area contributed by atoms with Gasteiger partial charge in [0.05, 0.1) is 0 Å². The lowest BCUT2D eigenvalue weighted by Crippen LogP contribution is -2.07. The van der Waals surface area contributed by atoms with Crippen molar-refractivity contribution in [3.05, 3.63) is 0 Å². The molecular weight excluding hydrogens is 140 g/mol. The van der Waals surface area contributed by atoms with Crippen LogP contribution in [0.15, 0.2) is 0 Å². The van der Waals surface area contributed by atoms with Crippen LogP contribution in [0.1, 0.15) is 34.1 Å². The van der Waals surface area contributed by atoms with E-state index in [0.29, 0.717) is 4.75 Å². The zero-order valence-electron chi connectivity index (χ0n) is 7.32. The van der Waals surface area contributed by atoms with Crippen molar-refractivity contribution in [3.63, 3.8) is 0 Å². The SMILES string of the molecule is CC#CCCSC(C)(C)C. The fourth-order valence-corrected chi connectivity index (χ4v) is 1.35. The molecule has 10 heavy (non-hydrogen) atoms. The van der Waals surface area contributed by atoms with Crippen LogP contribution >= 0.6 is 11.8 Å². The van der Waals surface area contributed by atoms with Crippen LogP contribution < -0.4 is 0 Å². The lowest BCUT2D eigenvalue weighted by Gasteiger charge is -2.15. The van der Waals surface area contributed by atoms with Gasteiger partial charge in [0.25, 0.3) is 0 Å². The predicted molar refractivity (Wildman–Crippen MR) is 50.3 cm³/mol. The topological polar surface area (TPSA) is 0 Å². The molecule has 0 nitrogen and oxygen atoms in total. The Morgan fingerprint density at radius 3 is 2.30 bits per heavy atom. The molecule has 0 unspecified atom stereocenters. The Bertz CT molecular complexity index is 131. The molecule has 0 bridgehead atoms. The molecule has 0 aliphatic heterocycles. The highest BCUT2D eigenvalue weighted by atomic mass is 32.2.